The van der Waals surface area contributed by atoms with Crippen LogP contribution in [-0.2, 0) is 17.2 Å². The first-order valence-corrected chi connectivity index (χ1v) is 14.5. The van der Waals surface area contributed by atoms with Gasteiger partial charge in [0.1, 0.15) is 12.6 Å². The summed E-state index contributed by atoms with van der Waals surface area (Å²) < 4.78 is 13.9. The zero-order chi connectivity index (χ0) is 28.2. The maximum Gasteiger partial charge on any atom is 0.227 e. The summed E-state index contributed by atoms with van der Waals surface area (Å²) in [6.07, 6.45) is 0. The number of thioether (sulfide) groups is 1. The number of rotatable bonds is 10. The Morgan fingerprint density at radius 1 is 1.05 bits per heavy atom. The maximum atomic E-state index is 12.9. The number of carbonyl (C=O) groups excluding carboxylic acids is 1. The number of anilines is 1. The Bertz CT molecular complexity index is 1580. The number of nitrogens with zero attached hydrogens (tertiary/aromatic N) is 3. The molecule has 9 heteroatoms. The van der Waals surface area contributed by atoms with Gasteiger partial charge in [-0.3, -0.25) is 4.79 Å². The summed E-state index contributed by atoms with van der Waals surface area (Å²) in [5, 5.41) is 9.37. The minimum Gasteiger partial charge on any atom is -0.490 e. The van der Waals surface area contributed by atoms with Gasteiger partial charge in [-0.15, -0.1) is 5.10 Å². The van der Waals surface area contributed by atoms with Crippen molar-refractivity contribution in [3.8, 4) is 11.5 Å². The molecule has 0 spiro atoms. The van der Waals surface area contributed by atoms with E-state index in [9.17, 15) is 4.79 Å². The Kier molecular flexibility index (Phi) is 8.47. The Labute approximate surface area is 243 Å². The lowest BCUT2D eigenvalue weighted by molar-refractivity contribution is -0.114. The molecule has 2 heterocycles. The zero-order valence-corrected chi connectivity index (χ0v) is 24.5. The molecule has 206 valence electrons. The van der Waals surface area contributed by atoms with Gasteiger partial charge in [-0.1, -0.05) is 77.5 Å². The summed E-state index contributed by atoms with van der Waals surface area (Å²) in [5.74, 6) is 2.41. The highest BCUT2D eigenvalue weighted by molar-refractivity contribution is 7.98. The van der Waals surface area contributed by atoms with E-state index < -0.39 is 6.04 Å². The van der Waals surface area contributed by atoms with E-state index in [0.29, 0.717) is 52.2 Å². The first-order chi connectivity index (χ1) is 19.3. The van der Waals surface area contributed by atoms with Crippen LogP contribution in [0.2, 0.25) is 5.02 Å². The van der Waals surface area contributed by atoms with Crippen molar-refractivity contribution in [2.45, 2.75) is 51.3 Å². The number of carbonyl (C=O) groups is 1. The molecule has 0 aliphatic carbocycles. The number of hydrogen-bond donors (Lipinski definition) is 1. The fraction of sp³-hybridized carbons (Fsp3) is 0.258. The molecule has 1 aromatic heterocycles. The van der Waals surface area contributed by atoms with Crippen LogP contribution in [0.1, 0.15) is 49.1 Å². The van der Waals surface area contributed by atoms with Crippen molar-refractivity contribution in [1.29, 1.82) is 0 Å². The number of hydrogen-bond acceptors (Lipinski definition) is 7. The third-order valence-corrected chi connectivity index (χ3v) is 7.84. The summed E-state index contributed by atoms with van der Waals surface area (Å²) in [7, 11) is 0. The molecule has 1 N–H and O–H groups in total. The highest BCUT2D eigenvalue weighted by atomic mass is 35.5. The number of fused-ring (bicyclic) bond motifs is 1. The van der Waals surface area contributed by atoms with Crippen LogP contribution in [0, 0.1) is 6.92 Å². The minimum atomic E-state index is -0.471. The number of nitrogens with one attached hydrogen (secondary N) is 1. The lowest BCUT2D eigenvalue weighted by atomic mass is 9.93. The monoisotopic (exact) mass is 574 g/mol. The molecule has 3 aromatic carbocycles. The van der Waals surface area contributed by atoms with E-state index >= 15 is 0 Å². The molecule has 40 heavy (non-hydrogen) atoms. The first-order valence-electron chi connectivity index (χ1n) is 13.1. The van der Waals surface area contributed by atoms with Gasteiger partial charge in [0.15, 0.2) is 17.3 Å². The molecule has 0 radical (unpaired) electrons. The van der Waals surface area contributed by atoms with Gasteiger partial charge in [0.2, 0.25) is 11.1 Å². The van der Waals surface area contributed by atoms with E-state index in [1.54, 1.807) is 11.6 Å². The van der Waals surface area contributed by atoms with Gasteiger partial charge >= 0.3 is 0 Å². The van der Waals surface area contributed by atoms with Crippen molar-refractivity contribution in [2.75, 3.05) is 11.9 Å². The van der Waals surface area contributed by atoms with Crippen molar-refractivity contribution in [3.63, 3.8) is 0 Å². The van der Waals surface area contributed by atoms with Gasteiger partial charge in [-0.05, 0) is 62.6 Å². The molecule has 1 aliphatic rings. The number of halogens is 1. The quantitative estimate of drug-likeness (QED) is 0.198. The number of Topliss-reactive ketones (excluding diaryl/α,β-unsaturated/α-hetero) is 1. The third kappa shape index (κ3) is 6.03. The Morgan fingerprint density at radius 3 is 2.62 bits per heavy atom. The normalized spacial score (nSPS) is 14.5. The molecular formula is C31H31ClN4O3S. The Hall–Kier alpha value is -3.75. The van der Waals surface area contributed by atoms with E-state index in [4.69, 9.17) is 31.2 Å². The smallest absolute Gasteiger partial charge is 0.227 e. The van der Waals surface area contributed by atoms with Crippen LogP contribution >= 0.6 is 23.4 Å². The van der Waals surface area contributed by atoms with Gasteiger partial charge in [-0.25, -0.2) is 4.68 Å². The van der Waals surface area contributed by atoms with Crippen LogP contribution in [0.5, 0.6) is 11.5 Å². The van der Waals surface area contributed by atoms with E-state index in [1.807, 2.05) is 68.4 Å². The highest BCUT2D eigenvalue weighted by Crippen LogP contribution is 2.40. The third-order valence-electron chi connectivity index (χ3n) is 6.59. The van der Waals surface area contributed by atoms with Gasteiger partial charge in [-0.2, -0.15) is 4.98 Å². The topological polar surface area (TPSA) is 78.3 Å². The fourth-order valence-electron chi connectivity index (χ4n) is 4.76. The summed E-state index contributed by atoms with van der Waals surface area (Å²) >= 11 is 7.84. The van der Waals surface area contributed by atoms with Crippen molar-refractivity contribution in [1.82, 2.24) is 14.8 Å². The lowest BCUT2D eigenvalue weighted by Crippen LogP contribution is -2.27. The van der Waals surface area contributed by atoms with E-state index in [-0.39, 0.29) is 5.78 Å². The molecule has 5 rings (SSSR count). The van der Waals surface area contributed by atoms with E-state index in [2.05, 4.69) is 24.4 Å². The van der Waals surface area contributed by atoms with Crippen LogP contribution < -0.4 is 14.8 Å². The Balaban J connectivity index is 1.46. The lowest BCUT2D eigenvalue weighted by Gasteiger charge is -2.28. The summed E-state index contributed by atoms with van der Waals surface area (Å²) in [6, 6.07) is 21.3. The minimum absolute atomic E-state index is 0.0424. The molecule has 0 saturated heterocycles. The first kappa shape index (κ1) is 27.8. The van der Waals surface area contributed by atoms with Crippen LogP contribution in [-0.4, -0.2) is 27.2 Å². The second-order valence-corrected chi connectivity index (χ2v) is 10.9. The second-order valence-electron chi connectivity index (χ2n) is 9.58. The second kappa shape index (κ2) is 12.2. The number of ketones is 1. The van der Waals surface area contributed by atoms with Crippen LogP contribution in [0.25, 0.3) is 0 Å². The molecular weight excluding hydrogens is 544 g/mol. The van der Waals surface area contributed by atoms with Crippen LogP contribution in [0.3, 0.4) is 0 Å². The number of benzene rings is 3. The number of aromatic nitrogens is 3. The van der Waals surface area contributed by atoms with Crippen molar-refractivity contribution in [2.24, 2.45) is 0 Å². The van der Waals surface area contributed by atoms with Crippen molar-refractivity contribution in [3.05, 3.63) is 105 Å². The van der Waals surface area contributed by atoms with E-state index in [0.717, 1.165) is 22.4 Å². The van der Waals surface area contributed by atoms with Gasteiger partial charge in [0, 0.05) is 22.0 Å². The van der Waals surface area contributed by atoms with Gasteiger partial charge in [0.25, 0.3) is 0 Å². The number of allylic oxidation sites excluding steroid dienone is 2. The Morgan fingerprint density at radius 2 is 1.88 bits per heavy atom. The van der Waals surface area contributed by atoms with Crippen LogP contribution in [0.15, 0.2) is 83.2 Å². The molecule has 7 nitrogen and oxygen atoms in total. The highest BCUT2D eigenvalue weighted by Gasteiger charge is 2.33. The standard InChI is InChI=1S/C31H31ClN4O3S/c1-5-38-27-16-23(13-14-26(27)39-17-22-10-8-9-19(2)15-22)29-28(21(4)37)20(3)33-30-34-31(35-36(29)30)40-18-24-11-6-7-12-25(24)32/h6-16,29H,5,17-18H2,1-4H3,(H,33,34,35). The van der Waals surface area contributed by atoms with Gasteiger partial charge < -0.3 is 14.8 Å². The summed E-state index contributed by atoms with van der Waals surface area (Å²) in [4.78, 5) is 17.6. The van der Waals surface area contributed by atoms with Crippen LogP contribution in [0.4, 0.5) is 5.95 Å². The number of ether oxygens (including phenoxy) is 2. The van der Waals surface area contributed by atoms with Crippen molar-refractivity contribution < 1.29 is 14.3 Å². The van der Waals surface area contributed by atoms with E-state index in [1.165, 1.54) is 17.3 Å². The predicted octanol–water partition coefficient (Wildman–Crippen LogP) is 7.39. The molecule has 0 fully saturated rings. The van der Waals surface area contributed by atoms with Gasteiger partial charge in [0.05, 0.1) is 6.61 Å². The molecule has 1 aliphatic heterocycles. The average molecular weight is 575 g/mol. The largest absolute Gasteiger partial charge is 0.490 e. The zero-order valence-electron chi connectivity index (χ0n) is 22.9. The maximum absolute atomic E-state index is 12.9. The molecule has 0 saturated carbocycles. The summed E-state index contributed by atoms with van der Waals surface area (Å²) in [6.45, 7) is 8.36. The molecule has 0 bridgehead atoms. The predicted molar refractivity (Wildman–Crippen MR) is 159 cm³/mol. The summed E-state index contributed by atoms with van der Waals surface area (Å²) in [5.41, 5.74) is 5.49. The molecule has 0 amide bonds. The fourth-order valence-corrected chi connectivity index (χ4v) is 5.87. The molecule has 1 unspecified atom stereocenters. The van der Waals surface area contributed by atoms with Crippen molar-refractivity contribution >= 4 is 35.1 Å². The molecule has 4 aromatic rings. The average Bonchev–Trinajstić information content (AvgIpc) is 3.33. The SMILES string of the molecule is CCOc1cc(C2C(C(C)=O)=C(C)Nc3nc(SCc4ccccc4Cl)nn32)ccc1OCc1cccc(C)c1. The number of aryl methyl sites for hydroxylation is 1. The molecule has 1 atom stereocenters.